The number of primary amides is 1. The molecule has 0 spiro atoms. The minimum Gasteiger partial charge on any atom is -0.382 e. The first-order chi connectivity index (χ1) is 4.68. The molecule has 1 amide bonds. The van der Waals surface area contributed by atoms with Crippen molar-refractivity contribution in [2.75, 3.05) is 13.1 Å². The topological polar surface area (TPSA) is 75.3 Å². The van der Waals surface area contributed by atoms with Gasteiger partial charge in [0.25, 0.3) is 0 Å². The summed E-state index contributed by atoms with van der Waals surface area (Å²) in [7, 11) is 0. The van der Waals surface area contributed by atoms with Crippen LogP contribution in [0, 0.1) is 0 Å². The summed E-state index contributed by atoms with van der Waals surface area (Å²) >= 11 is 0. The molecule has 0 rings (SSSR count). The summed E-state index contributed by atoms with van der Waals surface area (Å²) in [5.74, 6) is -0.677. The van der Waals surface area contributed by atoms with Crippen molar-refractivity contribution >= 4 is 5.91 Å². The highest BCUT2D eigenvalue weighted by Crippen LogP contribution is 1.77. The van der Waals surface area contributed by atoms with Gasteiger partial charge in [-0.1, -0.05) is 6.92 Å². The minimum atomic E-state index is -1.05. The molecule has 0 bridgehead atoms. The fourth-order valence-electron chi connectivity index (χ4n) is 0.516. The van der Waals surface area contributed by atoms with Gasteiger partial charge in [-0.25, -0.2) is 0 Å². The van der Waals surface area contributed by atoms with E-state index in [-0.39, 0.29) is 6.54 Å². The second-order valence-electron chi connectivity index (χ2n) is 2.12. The Bertz CT molecular complexity index is 106. The normalized spacial score (nSPS) is 13.0. The second-order valence-corrected chi connectivity index (χ2v) is 2.12. The van der Waals surface area contributed by atoms with Crippen molar-refractivity contribution in [2.45, 2.75) is 19.4 Å². The van der Waals surface area contributed by atoms with E-state index in [4.69, 9.17) is 10.8 Å². The molecule has 0 aliphatic heterocycles. The number of carbonyl (C=O) groups excluding carboxylic acids is 1. The van der Waals surface area contributed by atoms with Gasteiger partial charge in [-0.15, -0.1) is 0 Å². The molecule has 60 valence electrons. The average Bonchev–Trinajstić information content (AvgIpc) is 1.88. The Hall–Kier alpha value is -0.610. The maximum Gasteiger partial charge on any atom is 0.247 e. The van der Waals surface area contributed by atoms with Crippen LogP contribution in [0.15, 0.2) is 0 Å². The molecular weight excluding hydrogens is 132 g/mol. The lowest BCUT2D eigenvalue weighted by Crippen LogP contribution is -2.37. The van der Waals surface area contributed by atoms with E-state index in [2.05, 4.69) is 5.32 Å². The molecule has 0 heterocycles. The average molecular weight is 146 g/mol. The van der Waals surface area contributed by atoms with Gasteiger partial charge in [-0.3, -0.25) is 4.79 Å². The van der Waals surface area contributed by atoms with Gasteiger partial charge in [0.2, 0.25) is 5.91 Å². The third-order valence-electron chi connectivity index (χ3n) is 1.09. The summed E-state index contributed by atoms with van der Waals surface area (Å²) in [6, 6.07) is 0. The molecule has 0 aromatic rings. The molecule has 0 aliphatic carbocycles. The highest BCUT2D eigenvalue weighted by atomic mass is 16.3. The Morgan fingerprint density at radius 2 is 2.40 bits per heavy atom. The van der Waals surface area contributed by atoms with Gasteiger partial charge in [-0.05, 0) is 13.0 Å². The van der Waals surface area contributed by atoms with Gasteiger partial charge in [0.15, 0.2) is 0 Å². The Labute approximate surface area is 60.4 Å². The minimum absolute atomic E-state index is 0.253. The first-order valence-corrected chi connectivity index (χ1v) is 3.36. The third kappa shape index (κ3) is 4.29. The molecule has 0 radical (unpaired) electrons. The van der Waals surface area contributed by atoms with Crippen LogP contribution in [0.2, 0.25) is 0 Å². The molecule has 0 saturated carbocycles. The molecule has 0 aromatic carbocycles. The summed E-state index contributed by atoms with van der Waals surface area (Å²) < 4.78 is 0. The highest BCUT2D eigenvalue weighted by Gasteiger charge is 2.08. The largest absolute Gasteiger partial charge is 0.382 e. The molecule has 4 N–H and O–H groups in total. The van der Waals surface area contributed by atoms with Crippen molar-refractivity contribution in [1.82, 2.24) is 5.32 Å². The van der Waals surface area contributed by atoms with E-state index < -0.39 is 12.0 Å². The molecule has 4 heteroatoms. The quantitative estimate of drug-likeness (QED) is 0.428. The Morgan fingerprint density at radius 3 is 2.80 bits per heavy atom. The fraction of sp³-hybridized carbons (Fsp3) is 0.833. The van der Waals surface area contributed by atoms with Crippen LogP contribution < -0.4 is 11.1 Å². The lowest BCUT2D eigenvalue weighted by Gasteiger charge is -2.05. The molecular formula is C6H14N2O2. The number of amides is 1. The van der Waals surface area contributed by atoms with Gasteiger partial charge >= 0.3 is 0 Å². The van der Waals surface area contributed by atoms with Crippen LogP contribution in [0.3, 0.4) is 0 Å². The zero-order valence-electron chi connectivity index (χ0n) is 6.13. The molecule has 4 nitrogen and oxygen atoms in total. The van der Waals surface area contributed by atoms with Crippen molar-refractivity contribution in [3.05, 3.63) is 0 Å². The standard InChI is InChI=1S/C6H14N2O2/c1-2-3-8-4-5(9)6(7)10/h5,8-9H,2-4H2,1H3,(H2,7,10). The van der Waals surface area contributed by atoms with E-state index in [1.165, 1.54) is 0 Å². The number of hydrogen-bond acceptors (Lipinski definition) is 3. The molecule has 0 fully saturated rings. The maximum absolute atomic E-state index is 10.2. The predicted octanol–water partition coefficient (Wildman–Crippen LogP) is -1.17. The third-order valence-corrected chi connectivity index (χ3v) is 1.09. The molecule has 0 saturated heterocycles. The summed E-state index contributed by atoms with van der Waals surface area (Å²) in [5.41, 5.74) is 4.79. The van der Waals surface area contributed by atoms with Crippen LogP contribution in [0.4, 0.5) is 0 Å². The van der Waals surface area contributed by atoms with Crippen LogP contribution >= 0.6 is 0 Å². The SMILES string of the molecule is CCCNCC(O)C(N)=O. The first-order valence-electron chi connectivity index (χ1n) is 3.36. The van der Waals surface area contributed by atoms with E-state index in [1.807, 2.05) is 6.92 Å². The van der Waals surface area contributed by atoms with Crippen LogP contribution in [-0.4, -0.2) is 30.2 Å². The van der Waals surface area contributed by atoms with Gasteiger partial charge in [0.1, 0.15) is 6.10 Å². The Morgan fingerprint density at radius 1 is 1.80 bits per heavy atom. The van der Waals surface area contributed by atoms with Crippen molar-refractivity contribution < 1.29 is 9.90 Å². The van der Waals surface area contributed by atoms with Crippen LogP contribution in [-0.2, 0) is 4.79 Å². The van der Waals surface area contributed by atoms with Gasteiger partial charge in [0, 0.05) is 6.54 Å². The van der Waals surface area contributed by atoms with Gasteiger partial charge < -0.3 is 16.2 Å². The molecule has 1 atom stereocenters. The van der Waals surface area contributed by atoms with E-state index in [0.717, 1.165) is 13.0 Å². The maximum atomic E-state index is 10.2. The van der Waals surface area contributed by atoms with Crippen molar-refractivity contribution in [3.8, 4) is 0 Å². The van der Waals surface area contributed by atoms with E-state index in [0.29, 0.717) is 0 Å². The second kappa shape index (κ2) is 5.20. The lowest BCUT2D eigenvalue weighted by molar-refractivity contribution is -0.125. The summed E-state index contributed by atoms with van der Waals surface area (Å²) in [5, 5.41) is 11.7. The summed E-state index contributed by atoms with van der Waals surface area (Å²) in [6.45, 7) is 3.05. The number of carbonyl (C=O) groups is 1. The van der Waals surface area contributed by atoms with E-state index in [9.17, 15) is 4.79 Å². The lowest BCUT2D eigenvalue weighted by atomic mass is 10.3. The fourth-order valence-corrected chi connectivity index (χ4v) is 0.516. The number of aliphatic hydroxyl groups is 1. The zero-order chi connectivity index (χ0) is 7.98. The smallest absolute Gasteiger partial charge is 0.247 e. The van der Waals surface area contributed by atoms with Crippen molar-refractivity contribution in [3.63, 3.8) is 0 Å². The number of hydrogen-bond donors (Lipinski definition) is 3. The monoisotopic (exact) mass is 146 g/mol. The van der Waals surface area contributed by atoms with Crippen molar-refractivity contribution in [1.29, 1.82) is 0 Å². The number of aliphatic hydroxyl groups excluding tert-OH is 1. The first kappa shape index (κ1) is 9.39. The van der Waals surface area contributed by atoms with Crippen LogP contribution in [0.1, 0.15) is 13.3 Å². The van der Waals surface area contributed by atoms with E-state index >= 15 is 0 Å². The van der Waals surface area contributed by atoms with Crippen LogP contribution in [0.5, 0.6) is 0 Å². The molecule has 0 aromatic heterocycles. The van der Waals surface area contributed by atoms with Gasteiger partial charge in [0.05, 0.1) is 0 Å². The number of rotatable bonds is 5. The summed E-state index contributed by atoms with van der Waals surface area (Å²) in [4.78, 5) is 10.2. The predicted molar refractivity (Wildman–Crippen MR) is 38.4 cm³/mol. The molecule has 1 unspecified atom stereocenters. The van der Waals surface area contributed by atoms with Gasteiger partial charge in [-0.2, -0.15) is 0 Å². The van der Waals surface area contributed by atoms with Crippen molar-refractivity contribution in [2.24, 2.45) is 5.73 Å². The van der Waals surface area contributed by atoms with E-state index in [1.54, 1.807) is 0 Å². The number of nitrogens with two attached hydrogens (primary N) is 1. The Balaban J connectivity index is 3.21. The van der Waals surface area contributed by atoms with Crippen LogP contribution in [0.25, 0.3) is 0 Å². The molecule has 0 aliphatic rings. The number of nitrogens with one attached hydrogen (secondary N) is 1. The summed E-state index contributed by atoms with van der Waals surface area (Å²) in [6.07, 6.45) is -0.0718. The highest BCUT2D eigenvalue weighted by molar-refractivity contribution is 5.78. The molecule has 10 heavy (non-hydrogen) atoms. The zero-order valence-corrected chi connectivity index (χ0v) is 6.13. The Kier molecular flexibility index (Phi) is 4.88.